The zero-order chi connectivity index (χ0) is 15.4. The van der Waals surface area contributed by atoms with Gasteiger partial charge in [0.25, 0.3) is 0 Å². The average molecular weight is 314 g/mol. The summed E-state index contributed by atoms with van der Waals surface area (Å²) >= 11 is 0. The monoisotopic (exact) mass is 314 g/mol. The molecule has 1 saturated heterocycles. The number of hydrogen-bond donors (Lipinski definition) is 0. The minimum atomic E-state index is -3.40. The Morgan fingerprint density at radius 2 is 1.73 bits per heavy atom. The molecule has 0 spiro atoms. The highest BCUT2D eigenvalue weighted by Crippen LogP contribution is 2.25. The van der Waals surface area contributed by atoms with Gasteiger partial charge in [-0.2, -0.15) is 4.31 Å². The molecule has 115 valence electrons. The van der Waals surface area contributed by atoms with Crippen molar-refractivity contribution in [1.82, 2.24) is 4.31 Å². The van der Waals surface area contributed by atoms with Gasteiger partial charge >= 0.3 is 0 Å². The van der Waals surface area contributed by atoms with Crippen molar-refractivity contribution in [3.63, 3.8) is 0 Å². The summed E-state index contributed by atoms with van der Waals surface area (Å²) in [5.74, 6) is 0. The minimum Gasteiger partial charge on any atom is -0.207 e. The first-order chi connectivity index (χ1) is 10.7. The number of nitrogens with zero attached hydrogens (tertiary/aromatic N) is 1. The van der Waals surface area contributed by atoms with Gasteiger partial charge in [0, 0.05) is 13.1 Å². The maximum atomic E-state index is 12.9. The molecule has 0 N–H and O–H groups in total. The molecule has 0 bridgehead atoms. The molecule has 0 aromatic heterocycles. The van der Waals surface area contributed by atoms with E-state index in [-0.39, 0.29) is 0 Å². The van der Waals surface area contributed by atoms with E-state index in [4.69, 9.17) is 0 Å². The first-order valence-corrected chi connectivity index (χ1v) is 9.15. The Hall–Kier alpha value is -1.65. The maximum Gasteiger partial charge on any atom is 0.243 e. The molecule has 1 fully saturated rings. The fourth-order valence-corrected chi connectivity index (χ4v) is 4.62. The van der Waals surface area contributed by atoms with Crippen LogP contribution in [0.5, 0.6) is 0 Å². The number of rotatable bonds is 4. The van der Waals surface area contributed by atoms with Crippen molar-refractivity contribution in [3.8, 4) is 0 Å². The lowest BCUT2D eigenvalue weighted by Crippen LogP contribution is -2.36. The Kier molecular flexibility index (Phi) is 4.60. The minimum absolute atomic E-state index is 0.428. The van der Waals surface area contributed by atoms with Crippen LogP contribution in [0, 0.1) is 6.07 Å². The number of hydrogen-bond acceptors (Lipinski definition) is 2. The molecule has 0 saturated carbocycles. The molecular formula is C18H20NO2S. The second-order valence-electron chi connectivity index (χ2n) is 5.66. The summed E-state index contributed by atoms with van der Waals surface area (Å²) < 4.78 is 27.4. The van der Waals surface area contributed by atoms with E-state index in [1.54, 1.807) is 22.5 Å². The molecule has 1 heterocycles. The van der Waals surface area contributed by atoms with Gasteiger partial charge in [0.1, 0.15) is 0 Å². The van der Waals surface area contributed by atoms with Crippen molar-refractivity contribution >= 4 is 10.0 Å². The summed E-state index contributed by atoms with van der Waals surface area (Å²) in [6, 6.07) is 18.1. The van der Waals surface area contributed by atoms with Crippen LogP contribution in [0.15, 0.2) is 53.4 Å². The van der Waals surface area contributed by atoms with Crippen LogP contribution in [-0.4, -0.2) is 25.8 Å². The molecule has 1 aliphatic rings. The predicted octanol–water partition coefficient (Wildman–Crippen LogP) is 3.25. The molecule has 0 atom stereocenters. The lowest BCUT2D eigenvalue weighted by molar-refractivity contribution is 0.346. The fraction of sp³-hybridized carbons (Fsp3) is 0.333. The van der Waals surface area contributed by atoms with E-state index in [1.807, 2.05) is 30.3 Å². The van der Waals surface area contributed by atoms with Crippen molar-refractivity contribution in [2.75, 3.05) is 13.1 Å². The molecule has 2 aromatic rings. The summed E-state index contributed by atoms with van der Waals surface area (Å²) in [7, 11) is -3.40. The van der Waals surface area contributed by atoms with Crippen molar-refractivity contribution in [3.05, 3.63) is 65.7 Å². The van der Waals surface area contributed by atoms with Gasteiger partial charge in [-0.15, -0.1) is 0 Å². The van der Waals surface area contributed by atoms with Crippen LogP contribution in [0.25, 0.3) is 0 Å². The van der Waals surface area contributed by atoms with Crippen molar-refractivity contribution < 1.29 is 8.42 Å². The Morgan fingerprint density at radius 1 is 1.00 bits per heavy atom. The third kappa shape index (κ3) is 3.23. The molecule has 2 aromatic carbocycles. The molecule has 4 heteroatoms. The van der Waals surface area contributed by atoms with Gasteiger partial charge in [-0.25, -0.2) is 8.42 Å². The van der Waals surface area contributed by atoms with E-state index < -0.39 is 10.0 Å². The maximum absolute atomic E-state index is 12.9. The predicted molar refractivity (Wildman–Crippen MR) is 87.1 cm³/mol. The fourth-order valence-electron chi connectivity index (χ4n) is 2.90. The Bertz CT molecular complexity index is 720. The van der Waals surface area contributed by atoms with Crippen LogP contribution in [0.2, 0.25) is 0 Å². The van der Waals surface area contributed by atoms with E-state index in [9.17, 15) is 8.42 Å². The smallest absolute Gasteiger partial charge is 0.207 e. The number of piperidine rings is 1. The summed E-state index contributed by atoms with van der Waals surface area (Å²) in [6.07, 6.45) is 3.63. The van der Waals surface area contributed by atoms with Gasteiger partial charge in [0.2, 0.25) is 10.0 Å². The summed E-state index contributed by atoms with van der Waals surface area (Å²) in [6.45, 7) is 1.26. The summed E-state index contributed by atoms with van der Waals surface area (Å²) in [5, 5.41) is 0. The van der Waals surface area contributed by atoms with E-state index in [0.29, 0.717) is 24.4 Å². The molecule has 22 heavy (non-hydrogen) atoms. The molecule has 3 nitrogen and oxygen atoms in total. The van der Waals surface area contributed by atoms with Crippen molar-refractivity contribution in [2.24, 2.45) is 0 Å². The van der Waals surface area contributed by atoms with Crippen LogP contribution in [0.1, 0.15) is 30.4 Å². The van der Waals surface area contributed by atoms with E-state index in [1.165, 1.54) is 0 Å². The standard InChI is InChI=1S/C18H20NO2S/c20-22(21,19-13-7-2-8-14-19)18-12-6-5-11-17(18)15-16-9-3-1-4-10-16/h1,3-4,6,9-12H,2,7-8,13-15H2. The first-order valence-electron chi connectivity index (χ1n) is 7.71. The molecular weight excluding hydrogens is 294 g/mol. The SMILES string of the molecule is O=S(=O)(c1cc[c]cc1Cc1ccccc1)N1CCCCC1. The Labute approximate surface area is 132 Å². The van der Waals surface area contributed by atoms with Crippen LogP contribution in [0.4, 0.5) is 0 Å². The quantitative estimate of drug-likeness (QED) is 0.869. The second kappa shape index (κ2) is 6.63. The van der Waals surface area contributed by atoms with Gasteiger partial charge in [-0.05, 0) is 48.6 Å². The van der Waals surface area contributed by atoms with Crippen LogP contribution < -0.4 is 0 Å². The van der Waals surface area contributed by atoms with Crippen molar-refractivity contribution in [2.45, 2.75) is 30.6 Å². The van der Waals surface area contributed by atoms with Gasteiger partial charge in [-0.3, -0.25) is 0 Å². The zero-order valence-electron chi connectivity index (χ0n) is 12.5. The average Bonchev–Trinajstić information content (AvgIpc) is 2.57. The Morgan fingerprint density at radius 3 is 2.45 bits per heavy atom. The highest BCUT2D eigenvalue weighted by atomic mass is 32.2. The molecule has 0 unspecified atom stereocenters. The van der Waals surface area contributed by atoms with Crippen LogP contribution >= 0.6 is 0 Å². The highest BCUT2D eigenvalue weighted by Gasteiger charge is 2.27. The topological polar surface area (TPSA) is 37.4 Å². The lowest BCUT2D eigenvalue weighted by atomic mass is 10.1. The van der Waals surface area contributed by atoms with Gasteiger partial charge in [-0.1, -0.05) is 42.8 Å². The number of benzene rings is 2. The van der Waals surface area contributed by atoms with E-state index in [0.717, 1.165) is 30.4 Å². The molecule has 3 rings (SSSR count). The normalized spacial score (nSPS) is 16.5. The van der Waals surface area contributed by atoms with Crippen molar-refractivity contribution in [1.29, 1.82) is 0 Å². The lowest BCUT2D eigenvalue weighted by Gasteiger charge is -2.26. The van der Waals surface area contributed by atoms with Crippen LogP contribution in [-0.2, 0) is 16.4 Å². The number of sulfonamides is 1. The molecule has 1 radical (unpaired) electrons. The second-order valence-corrected chi connectivity index (χ2v) is 7.57. The highest BCUT2D eigenvalue weighted by molar-refractivity contribution is 7.89. The summed E-state index contributed by atoms with van der Waals surface area (Å²) in [5.41, 5.74) is 1.93. The molecule has 1 aliphatic heterocycles. The first kappa shape index (κ1) is 15.3. The van der Waals surface area contributed by atoms with E-state index >= 15 is 0 Å². The van der Waals surface area contributed by atoms with Crippen LogP contribution in [0.3, 0.4) is 0 Å². The molecule has 0 amide bonds. The molecule has 0 aliphatic carbocycles. The van der Waals surface area contributed by atoms with E-state index in [2.05, 4.69) is 6.07 Å². The Balaban J connectivity index is 1.93. The summed E-state index contributed by atoms with van der Waals surface area (Å²) in [4.78, 5) is 0.428. The third-order valence-electron chi connectivity index (χ3n) is 4.08. The zero-order valence-corrected chi connectivity index (χ0v) is 13.3. The van der Waals surface area contributed by atoms with Gasteiger partial charge in [0.15, 0.2) is 0 Å². The largest absolute Gasteiger partial charge is 0.243 e. The third-order valence-corrected chi connectivity index (χ3v) is 6.07. The van der Waals surface area contributed by atoms with Gasteiger partial charge in [0.05, 0.1) is 4.90 Å². The van der Waals surface area contributed by atoms with Gasteiger partial charge < -0.3 is 0 Å².